The first-order valence-corrected chi connectivity index (χ1v) is 10.4. The summed E-state index contributed by atoms with van der Waals surface area (Å²) in [6, 6.07) is 9.13. The number of piperazine rings is 1. The van der Waals surface area contributed by atoms with Gasteiger partial charge in [0.2, 0.25) is 5.91 Å². The molecule has 148 valence electrons. The molecule has 1 saturated heterocycles. The molecule has 28 heavy (non-hydrogen) atoms. The highest BCUT2D eigenvalue weighted by atomic mass is 35.5. The Morgan fingerprint density at radius 3 is 2.29 bits per heavy atom. The van der Waals surface area contributed by atoms with E-state index in [0.29, 0.717) is 42.6 Å². The molecule has 6 nitrogen and oxygen atoms in total. The van der Waals surface area contributed by atoms with E-state index < -0.39 is 0 Å². The summed E-state index contributed by atoms with van der Waals surface area (Å²) in [5.41, 5.74) is 2.09. The minimum Gasteiger partial charge on any atom is -0.339 e. The van der Waals surface area contributed by atoms with Crippen molar-refractivity contribution in [2.45, 2.75) is 32.1 Å². The van der Waals surface area contributed by atoms with E-state index in [1.54, 1.807) is 23.1 Å². The monoisotopic (exact) mass is 400 g/mol. The number of carbonyl (C=O) groups is 2. The van der Waals surface area contributed by atoms with E-state index in [0.717, 1.165) is 31.2 Å². The number of halogens is 1. The maximum Gasteiger partial charge on any atom is 0.272 e. The molecule has 0 unspecified atom stereocenters. The Balaban J connectivity index is 1.35. The second-order valence-corrected chi connectivity index (χ2v) is 8.06. The molecule has 1 aromatic carbocycles. The van der Waals surface area contributed by atoms with Crippen molar-refractivity contribution in [1.29, 1.82) is 0 Å². The topological polar surface area (TPSA) is 69.3 Å². The maximum absolute atomic E-state index is 12.8. The molecular weight excluding hydrogens is 376 g/mol. The third-order valence-corrected chi connectivity index (χ3v) is 6.03. The summed E-state index contributed by atoms with van der Waals surface area (Å²) in [5, 5.41) is 7.77. The van der Waals surface area contributed by atoms with Gasteiger partial charge >= 0.3 is 0 Å². The van der Waals surface area contributed by atoms with E-state index in [9.17, 15) is 9.59 Å². The Morgan fingerprint density at radius 1 is 0.964 bits per heavy atom. The van der Waals surface area contributed by atoms with E-state index in [2.05, 4.69) is 10.2 Å². The fourth-order valence-electron chi connectivity index (χ4n) is 4.11. The Bertz CT molecular complexity index is 834. The van der Waals surface area contributed by atoms with Gasteiger partial charge in [0.15, 0.2) is 0 Å². The van der Waals surface area contributed by atoms with Gasteiger partial charge in [0.1, 0.15) is 5.69 Å². The summed E-state index contributed by atoms with van der Waals surface area (Å²) in [5.74, 6) is 0.390. The molecule has 1 saturated carbocycles. The summed E-state index contributed by atoms with van der Waals surface area (Å²) >= 11 is 5.92. The third kappa shape index (κ3) is 4.07. The van der Waals surface area contributed by atoms with Gasteiger partial charge in [0, 0.05) is 42.7 Å². The number of H-pyrrole nitrogens is 1. The van der Waals surface area contributed by atoms with Gasteiger partial charge in [-0.25, -0.2) is 0 Å². The van der Waals surface area contributed by atoms with Gasteiger partial charge in [-0.3, -0.25) is 14.7 Å². The molecule has 1 aliphatic heterocycles. The summed E-state index contributed by atoms with van der Waals surface area (Å²) in [6.07, 6.45) is 5.59. The highest BCUT2D eigenvalue weighted by Gasteiger charge is 2.30. The van der Waals surface area contributed by atoms with Crippen molar-refractivity contribution in [1.82, 2.24) is 20.0 Å². The number of hydrogen-bond donors (Lipinski definition) is 1. The summed E-state index contributed by atoms with van der Waals surface area (Å²) in [4.78, 5) is 29.2. The number of nitrogens with one attached hydrogen (secondary N) is 1. The fraction of sp³-hybridized carbons (Fsp3) is 0.476. The lowest BCUT2D eigenvalue weighted by atomic mass is 9.88. The van der Waals surface area contributed by atoms with Crippen molar-refractivity contribution < 1.29 is 9.59 Å². The number of carbonyl (C=O) groups excluding carboxylic acids is 2. The predicted octanol–water partition coefficient (Wildman–Crippen LogP) is 3.59. The summed E-state index contributed by atoms with van der Waals surface area (Å²) in [6.45, 7) is 2.34. The molecule has 1 aliphatic carbocycles. The van der Waals surface area contributed by atoms with Crippen LogP contribution >= 0.6 is 11.6 Å². The lowest BCUT2D eigenvalue weighted by Gasteiger charge is -2.37. The van der Waals surface area contributed by atoms with Crippen LogP contribution in [0.4, 0.5) is 0 Å². The van der Waals surface area contributed by atoms with Crippen LogP contribution in [0.1, 0.15) is 42.6 Å². The molecule has 1 N–H and O–H groups in total. The molecule has 0 spiro atoms. The molecule has 0 bridgehead atoms. The first kappa shape index (κ1) is 19.0. The first-order chi connectivity index (χ1) is 13.6. The van der Waals surface area contributed by atoms with Crippen molar-refractivity contribution in [3.63, 3.8) is 0 Å². The molecule has 2 aliphatic rings. The van der Waals surface area contributed by atoms with E-state index in [1.165, 1.54) is 6.42 Å². The SMILES string of the molecule is O=C(c1cc(-c2ccc(Cl)cc2)n[nH]1)N1CCN(C(=O)C2CCCCC2)CC1. The lowest BCUT2D eigenvalue weighted by Crippen LogP contribution is -2.52. The molecule has 2 amide bonds. The molecule has 0 atom stereocenters. The second-order valence-electron chi connectivity index (χ2n) is 7.63. The number of nitrogens with zero attached hydrogens (tertiary/aromatic N) is 3. The van der Waals surface area contributed by atoms with Crippen molar-refractivity contribution in [3.8, 4) is 11.3 Å². The van der Waals surface area contributed by atoms with Gasteiger partial charge < -0.3 is 9.80 Å². The van der Waals surface area contributed by atoms with Crippen LogP contribution in [0.5, 0.6) is 0 Å². The number of aromatic amines is 1. The maximum atomic E-state index is 12.8. The molecule has 2 heterocycles. The van der Waals surface area contributed by atoms with Crippen molar-refractivity contribution in [2.75, 3.05) is 26.2 Å². The quantitative estimate of drug-likeness (QED) is 0.855. The Kier molecular flexibility index (Phi) is 5.67. The van der Waals surface area contributed by atoms with E-state index >= 15 is 0 Å². The average molecular weight is 401 g/mol. The Morgan fingerprint density at radius 2 is 1.61 bits per heavy atom. The van der Waals surface area contributed by atoms with E-state index in [4.69, 9.17) is 11.6 Å². The van der Waals surface area contributed by atoms with Crippen LogP contribution in [0, 0.1) is 5.92 Å². The molecular formula is C21H25ClN4O2. The number of hydrogen-bond acceptors (Lipinski definition) is 3. The van der Waals surface area contributed by atoms with Gasteiger partial charge in [0.25, 0.3) is 5.91 Å². The smallest absolute Gasteiger partial charge is 0.272 e. The molecule has 7 heteroatoms. The predicted molar refractivity (Wildman–Crippen MR) is 108 cm³/mol. The van der Waals surface area contributed by atoms with Crippen LogP contribution in [0.2, 0.25) is 5.02 Å². The van der Waals surface area contributed by atoms with Gasteiger partial charge in [-0.15, -0.1) is 0 Å². The van der Waals surface area contributed by atoms with Crippen LogP contribution in [-0.2, 0) is 4.79 Å². The van der Waals surface area contributed by atoms with E-state index in [1.807, 2.05) is 17.0 Å². The van der Waals surface area contributed by atoms with Gasteiger partial charge in [-0.1, -0.05) is 43.0 Å². The molecule has 1 aromatic heterocycles. The zero-order valence-corrected chi connectivity index (χ0v) is 16.6. The van der Waals surface area contributed by atoms with Crippen LogP contribution < -0.4 is 0 Å². The van der Waals surface area contributed by atoms with Gasteiger partial charge in [-0.05, 0) is 31.0 Å². The largest absolute Gasteiger partial charge is 0.339 e. The number of benzene rings is 1. The molecule has 4 rings (SSSR count). The standard InChI is InChI=1S/C21H25ClN4O2/c22-17-8-6-15(7-9-17)18-14-19(24-23-18)21(28)26-12-10-25(11-13-26)20(27)16-4-2-1-3-5-16/h6-9,14,16H,1-5,10-13H2,(H,23,24). The number of amides is 2. The van der Waals surface area contributed by atoms with Crippen LogP contribution in [-0.4, -0.2) is 58.0 Å². The first-order valence-electron chi connectivity index (χ1n) is 10.0. The fourth-order valence-corrected chi connectivity index (χ4v) is 4.23. The average Bonchev–Trinajstić information content (AvgIpc) is 3.24. The highest BCUT2D eigenvalue weighted by Crippen LogP contribution is 2.26. The van der Waals surface area contributed by atoms with Crippen LogP contribution in [0.15, 0.2) is 30.3 Å². The number of rotatable bonds is 3. The normalized spacial score (nSPS) is 18.3. The van der Waals surface area contributed by atoms with Crippen LogP contribution in [0.25, 0.3) is 11.3 Å². The second kappa shape index (κ2) is 8.35. The lowest BCUT2D eigenvalue weighted by molar-refractivity contribution is -0.138. The Labute approximate surface area is 169 Å². The zero-order valence-electron chi connectivity index (χ0n) is 15.9. The van der Waals surface area contributed by atoms with Crippen molar-refractivity contribution in [3.05, 3.63) is 41.0 Å². The summed E-state index contributed by atoms with van der Waals surface area (Å²) in [7, 11) is 0. The third-order valence-electron chi connectivity index (χ3n) is 5.78. The molecule has 2 aromatic rings. The summed E-state index contributed by atoms with van der Waals surface area (Å²) < 4.78 is 0. The van der Waals surface area contributed by atoms with Crippen molar-refractivity contribution in [2.24, 2.45) is 5.92 Å². The highest BCUT2D eigenvalue weighted by molar-refractivity contribution is 6.30. The minimum absolute atomic E-state index is 0.0718. The minimum atomic E-state index is -0.0718. The van der Waals surface area contributed by atoms with Gasteiger partial charge in [0.05, 0.1) is 5.69 Å². The van der Waals surface area contributed by atoms with Crippen LogP contribution in [0.3, 0.4) is 0 Å². The molecule has 2 fully saturated rings. The molecule has 0 radical (unpaired) electrons. The Hall–Kier alpha value is -2.34. The number of aromatic nitrogens is 2. The van der Waals surface area contributed by atoms with Crippen molar-refractivity contribution >= 4 is 23.4 Å². The van der Waals surface area contributed by atoms with Gasteiger partial charge in [-0.2, -0.15) is 5.10 Å². The zero-order chi connectivity index (χ0) is 19.5. The van der Waals surface area contributed by atoms with E-state index in [-0.39, 0.29) is 17.7 Å².